The molecule has 0 heterocycles. The lowest BCUT2D eigenvalue weighted by Crippen LogP contribution is -2.31. The summed E-state index contributed by atoms with van der Waals surface area (Å²) < 4.78 is 5.95. The highest BCUT2D eigenvalue weighted by molar-refractivity contribution is 6.09. The number of hydrogen-bond acceptors (Lipinski definition) is 1. The maximum atomic E-state index is 5.95. The van der Waals surface area contributed by atoms with E-state index in [1.807, 2.05) is 0 Å². The lowest BCUT2D eigenvalue weighted by molar-refractivity contribution is -0.0426. The van der Waals surface area contributed by atoms with E-state index in [2.05, 4.69) is 42.5 Å². The van der Waals surface area contributed by atoms with Crippen LogP contribution in [0.2, 0.25) is 6.32 Å². The second kappa shape index (κ2) is 5.69. The third kappa shape index (κ3) is 6.14. The molecule has 0 aromatic carbocycles. The molecule has 0 saturated heterocycles. The minimum absolute atomic E-state index is 0.0957. The monoisotopic (exact) mass is 184 g/mol. The van der Waals surface area contributed by atoms with Crippen LogP contribution in [-0.4, -0.2) is 20.1 Å². The highest BCUT2D eigenvalue weighted by Crippen LogP contribution is 2.24. The molecule has 0 amide bonds. The molecule has 1 atom stereocenters. The van der Waals surface area contributed by atoms with Gasteiger partial charge in [-0.15, -0.1) is 0 Å². The molecule has 0 aliphatic heterocycles. The number of rotatable bonds is 6. The molecule has 78 valence electrons. The summed E-state index contributed by atoms with van der Waals surface area (Å²) >= 11 is 0. The summed E-state index contributed by atoms with van der Waals surface area (Å²) in [6.45, 7) is 12.0. The quantitative estimate of drug-likeness (QED) is 0.576. The Kier molecular flexibility index (Phi) is 5.70. The molecular formula is C11H25BO. The molecule has 2 heteroatoms. The Hall–Kier alpha value is 0.0249. The standard InChI is InChI=1S/C11H25BO/c1-9(2)6-11(5,8-12)13-7-10(3)4/h9-10H,6-8,12H2,1-5H3. The van der Waals surface area contributed by atoms with Crippen molar-refractivity contribution in [2.45, 2.75) is 53.0 Å². The Balaban J connectivity index is 3.96. The van der Waals surface area contributed by atoms with Crippen LogP contribution in [0.15, 0.2) is 0 Å². The summed E-state index contributed by atoms with van der Waals surface area (Å²) in [6, 6.07) is 0. The molecule has 0 aromatic rings. The zero-order valence-electron chi connectivity index (χ0n) is 10.2. The van der Waals surface area contributed by atoms with Crippen LogP contribution in [0.4, 0.5) is 0 Å². The van der Waals surface area contributed by atoms with Gasteiger partial charge in [-0.05, 0) is 25.2 Å². The van der Waals surface area contributed by atoms with Crippen molar-refractivity contribution < 1.29 is 4.74 Å². The fourth-order valence-electron chi connectivity index (χ4n) is 1.54. The number of hydrogen-bond donors (Lipinski definition) is 0. The first-order chi connectivity index (χ1) is 5.89. The molecular weight excluding hydrogens is 159 g/mol. The van der Waals surface area contributed by atoms with Crippen LogP contribution in [0.3, 0.4) is 0 Å². The van der Waals surface area contributed by atoms with Crippen LogP contribution < -0.4 is 0 Å². The predicted molar refractivity (Wildman–Crippen MR) is 62.0 cm³/mol. The Bertz CT molecular complexity index is 134. The Morgan fingerprint density at radius 3 is 2.00 bits per heavy atom. The fourth-order valence-corrected chi connectivity index (χ4v) is 1.54. The summed E-state index contributed by atoms with van der Waals surface area (Å²) in [6.07, 6.45) is 2.27. The van der Waals surface area contributed by atoms with Crippen molar-refractivity contribution in [3.05, 3.63) is 0 Å². The average molecular weight is 184 g/mol. The SMILES string of the molecule is BCC(C)(CC(C)C)OCC(C)C. The topological polar surface area (TPSA) is 9.23 Å². The van der Waals surface area contributed by atoms with Gasteiger partial charge >= 0.3 is 0 Å². The fraction of sp³-hybridized carbons (Fsp3) is 1.00. The Morgan fingerprint density at radius 1 is 1.15 bits per heavy atom. The second-order valence-electron chi connectivity index (χ2n) is 5.11. The van der Waals surface area contributed by atoms with Gasteiger partial charge in [-0.3, -0.25) is 0 Å². The normalized spacial score (nSPS) is 16.5. The summed E-state index contributed by atoms with van der Waals surface area (Å²) in [5, 5.41) is 0. The molecule has 0 aliphatic carbocycles. The molecule has 0 N–H and O–H groups in total. The van der Waals surface area contributed by atoms with E-state index in [1.165, 1.54) is 0 Å². The van der Waals surface area contributed by atoms with Crippen LogP contribution in [0.1, 0.15) is 41.0 Å². The van der Waals surface area contributed by atoms with E-state index in [-0.39, 0.29) is 5.60 Å². The van der Waals surface area contributed by atoms with E-state index < -0.39 is 0 Å². The summed E-state index contributed by atoms with van der Waals surface area (Å²) in [5.74, 6) is 1.36. The highest BCUT2D eigenvalue weighted by Gasteiger charge is 2.23. The van der Waals surface area contributed by atoms with Gasteiger partial charge in [-0.25, -0.2) is 0 Å². The van der Waals surface area contributed by atoms with Crippen LogP contribution in [0, 0.1) is 11.8 Å². The van der Waals surface area contributed by atoms with Crippen molar-refractivity contribution >= 4 is 7.85 Å². The van der Waals surface area contributed by atoms with Gasteiger partial charge in [0, 0.05) is 6.61 Å². The van der Waals surface area contributed by atoms with Gasteiger partial charge in [0.25, 0.3) is 0 Å². The van der Waals surface area contributed by atoms with Crippen molar-refractivity contribution in [2.24, 2.45) is 11.8 Å². The largest absolute Gasteiger partial charge is 0.376 e. The zero-order valence-corrected chi connectivity index (χ0v) is 10.2. The summed E-state index contributed by atoms with van der Waals surface area (Å²) in [7, 11) is 2.21. The minimum Gasteiger partial charge on any atom is -0.376 e. The van der Waals surface area contributed by atoms with Crippen molar-refractivity contribution in [3.8, 4) is 0 Å². The third-order valence-corrected chi connectivity index (χ3v) is 2.35. The molecule has 0 spiro atoms. The first kappa shape index (κ1) is 13.0. The van der Waals surface area contributed by atoms with E-state index in [4.69, 9.17) is 4.74 Å². The van der Waals surface area contributed by atoms with Gasteiger partial charge < -0.3 is 4.74 Å². The predicted octanol–water partition coefficient (Wildman–Crippen LogP) is 2.52. The minimum atomic E-state index is 0.0957. The van der Waals surface area contributed by atoms with E-state index >= 15 is 0 Å². The van der Waals surface area contributed by atoms with Crippen LogP contribution >= 0.6 is 0 Å². The molecule has 0 aromatic heterocycles. The van der Waals surface area contributed by atoms with Gasteiger partial charge in [0.05, 0.1) is 5.60 Å². The molecule has 0 rings (SSSR count). The van der Waals surface area contributed by atoms with Crippen molar-refractivity contribution in [3.63, 3.8) is 0 Å². The van der Waals surface area contributed by atoms with Crippen molar-refractivity contribution in [1.82, 2.24) is 0 Å². The van der Waals surface area contributed by atoms with Crippen molar-refractivity contribution in [2.75, 3.05) is 6.61 Å². The molecule has 0 bridgehead atoms. The Morgan fingerprint density at radius 2 is 1.69 bits per heavy atom. The molecule has 1 unspecified atom stereocenters. The van der Waals surface area contributed by atoms with E-state index in [9.17, 15) is 0 Å². The average Bonchev–Trinajstić information content (AvgIpc) is 2.00. The first-order valence-electron chi connectivity index (χ1n) is 5.53. The molecule has 1 nitrogen and oxygen atoms in total. The maximum absolute atomic E-state index is 5.95. The molecule has 0 radical (unpaired) electrons. The Labute approximate surface area is 84.7 Å². The smallest absolute Gasteiger partial charge is 0.105 e. The van der Waals surface area contributed by atoms with Gasteiger partial charge in [-0.1, -0.05) is 34.0 Å². The lowest BCUT2D eigenvalue weighted by Gasteiger charge is -2.31. The second-order valence-corrected chi connectivity index (χ2v) is 5.11. The summed E-state index contributed by atoms with van der Waals surface area (Å²) in [5.41, 5.74) is 0.0957. The maximum Gasteiger partial charge on any atom is 0.105 e. The third-order valence-electron chi connectivity index (χ3n) is 2.35. The van der Waals surface area contributed by atoms with Crippen LogP contribution in [0.25, 0.3) is 0 Å². The van der Waals surface area contributed by atoms with Crippen LogP contribution in [-0.2, 0) is 4.74 Å². The van der Waals surface area contributed by atoms with E-state index in [0.717, 1.165) is 25.3 Å². The lowest BCUT2D eigenvalue weighted by atomic mass is 9.82. The molecule has 0 aliphatic rings. The van der Waals surface area contributed by atoms with Gasteiger partial charge in [-0.2, -0.15) is 0 Å². The van der Waals surface area contributed by atoms with E-state index in [1.54, 1.807) is 0 Å². The number of ether oxygens (including phenoxy) is 1. The van der Waals surface area contributed by atoms with Gasteiger partial charge in [0.1, 0.15) is 7.85 Å². The molecule has 0 saturated carbocycles. The van der Waals surface area contributed by atoms with Gasteiger partial charge in [0.2, 0.25) is 0 Å². The first-order valence-corrected chi connectivity index (χ1v) is 5.53. The zero-order chi connectivity index (χ0) is 10.5. The molecule has 13 heavy (non-hydrogen) atoms. The van der Waals surface area contributed by atoms with E-state index in [0.29, 0.717) is 5.92 Å². The highest BCUT2D eigenvalue weighted by atomic mass is 16.5. The molecule has 0 fully saturated rings. The van der Waals surface area contributed by atoms with Crippen molar-refractivity contribution in [1.29, 1.82) is 0 Å². The summed E-state index contributed by atoms with van der Waals surface area (Å²) in [4.78, 5) is 0. The van der Waals surface area contributed by atoms with Gasteiger partial charge in [0.15, 0.2) is 0 Å². The van der Waals surface area contributed by atoms with Crippen LogP contribution in [0.5, 0.6) is 0 Å².